The van der Waals surface area contributed by atoms with Crippen LogP contribution in [0.1, 0.15) is 25.0 Å². The van der Waals surface area contributed by atoms with Crippen LogP contribution in [-0.2, 0) is 10.2 Å². The van der Waals surface area contributed by atoms with Gasteiger partial charge in [0.2, 0.25) is 0 Å². The van der Waals surface area contributed by atoms with E-state index in [1.807, 2.05) is 13.0 Å². The molecule has 0 aliphatic rings. The van der Waals surface area contributed by atoms with Crippen LogP contribution in [0.25, 0.3) is 0 Å². The van der Waals surface area contributed by atoms with Crippen molar-refractivity contribution >= 4 is 5.97 Å². The van der Waals surface area contributed by atoms with E-state index in [0.717, 1.165) is 5.56 Å². The molecule has 0 radical (unpaired) electrons. The van der Waals surface area contributed by atoms with E-state index in [4.69, 9.17) is 9.47 Å². The molecular formula is C13H18O4. The molecule has 1 rings (SSSR count). The van der Waals surface area contributed by atoms with Gasteiger partial charge < -0.3 is 14.6 Å². The quantitative estimate of drug-likeness (QED) is 0.875. The SMILES string of the molecule is COc1cc(C)c(C(C)(C)C(=O)O)c(OC)c1. The Morgan fingerprint density at radius 3 is 2.24 bits per heavy atom. The lowest BCUT2D eigenvalue weighted by molar-refractivity contribution is -0.142. The molecular weight excluding hydrogens is 220 g/mol. The summed E-state index contributed by atoms with van der Waals surface area (Å²) in [6.45, 7) is 5.17. The number of benzene rings is 1. The fraction of sp³-hybridized carbons (Fsp3) is 0.462. The van der Waals surface area contributed by atoms with Crippen LogP contribution < -0.4 is 9.47 Å². The van der Waals surface area contributed by atoms with E-state index < -0.39 is 11.4 Å². The standard InChI is InChI=1S/C13H18O4/c1-8-6-9(16-4)7-10(17-5)11(8)13(2,3)12(14)15/h6-7H,1-5H3,(H,14,15). The maximum Gasteiger partial charge on any atom is 0.313 e. The predicted molar refractivity (Wildman–Crippen MR) is 64.9 cm³/mol. The number of hydrogen-bond acceptors (Lipinski definition) is 3. The van der Waals surface area contributed by atoms with E-state index in [2.05, 4.69) is 0 Å². The van der Waals surface area contributed by atoms with Crippen LogP contribution >= 0.6 is 0 Å². The molecule has 0 unspecified atom stereocenters. The maximum atomic E-state index is 11.3. The van der Waals surface area contributed by atoms with Gasteiger partial charge in [-0.15, -0.1) is 0 Å². The second-order valence-corrected chi connectivity index (χ2v) is 4.45. The van der Waals surface area contributed by atoms with E-state index >= 15 is 0 Å². The van der Waals surface area contributed by atoms with E-state index in [1.165, 1.54) is 7.11 Å². The lowest BCUT2D eigenvalue weighted by atomic mass is 9.81. The molecule has 17 heavy (non-hydrogen) atoms. The Balaban J connectivity index is 3.47. The lowest BCUT2D eigenvalue weighted by Gasteiger charge is -2.25. The Morgan fingerprint density at radius 1 is 1.24 bits per heavy atom. The third kappa shape index (κ3) is 2.35. The fourth-order valence-electron chi connectivity index (χ4n) is 1.91. The lowest BCUT2D eigenvalue weighted by Crippen LogP contribution is -2.30. The minimum absolute atomic E-state index is 0.536. The van der Waals surface area contributed by atoms with Gasteiger partial charge in [0, 0.05) is 11.6 Å². The molecule has 0 aromatic heterocycles. The highest BCUT2D eigenvalue weighted by atomic mass is 16.5. The fourth-order valence-corrected chi connectivity index (χ4v) is 1.91. The summed E-state index contributed by atoms with van der Waals surface area (Å²) in [5, 5.41) is 9.28. The molecule has 0 heterocycles. The number of carbonyl (C=O) groups is 1. The van der Waals surface area contributed by atoms with Gasteiger partial charge in [0.05, 0.1) is 19.6 Å². The van der Waals surface area contributed by atoms with E-state index in [-0.39, 0.29) is 0 Å². The number of methoxy groups -OCH3 is 2. The van der Waals surface area contributed by atoms with Gasteiger partial charge in [-0.1, -0.05) is 0 Å². The van der Waals surface area contributed by atoms with Crippen molar-refractivity contribution in [3.8, 4) is 11.5 Å². The summed E-state index contributed by atoms with van der Waals surface area (Å²) in [6.07, 6.45) is 0. The van der Waals surface area contributed by atoms with Crippen LogP contribution in [0.5, 0.6) is 11.5 Å². The van der Waals surface area contributed by atoms with Crippen molar-refractivity contribution in [3.05, 3.63) is 23.3 Å². The first-order valence-electron chi connectivity index (χ1n) is 5.31. The number of carboxylic acid groups (broad SMARTS) is 1. The molecule has 0 saturated heterocycles. The Hall–Kier alpha value is -1.71. The van der Waals surface area contributed by atoms with Crippen molar-refractivity contribution in [2.45, 2.75) is 26.2 Å². The van der Waals surface area contributed by atoms with Gasteiger partial charge in [0.15, 0.2) is 0 Å². The molecule has 0 aliphatic heterocycles. The number of ether oxygens (including phenoxy) is 2. The molecule has 0 spiro atoms. The summed E-state index contributed by atoms with van der Waals surface area (Å²) in [6, 6.07) is 3.51. The van der Waals surface area contributed by atoms with Gasteiger partial charge in [0.25, 0.3) is 0 Å². The minimum Gasteiger partial charge on any atom is -0.497 e. The Kier molecular flexibility index (Phi) is 3.66. The van der Waals surface area contributed by atoms with Crippen LogP contribution in [0.2, 0.25) is 0 Å². The molecule has 0 atom stereocenters. The summed E-state index contributed by atoms with van der Waals surface area (Å²) in [7, 11) is 3.09. The summed E-state index contributed by atoms with van der Waals surface area (Å²) < 4.78 is 10.4. The van der Waals surface area contributed by atoms with Gasteiger partial charge in [-0.3, -0.25) is 4.79 Å². The number of aliphatic carboxylic acids is 1. The number of aryl methyl sites for hydroxylation is 1. The molecule has 0 amide bonds. The van der Waals surface area contributed by atoms with Crippen LogP contribution in [0, 0.1) is 6.92 Å². The average Bonchev–Trinajstić information content (AvgIpc) is 2.26. The Bertz CT molecular complexity index is 435. The van der Waals surface area contributed by atoms with Gasteiger partial charge in [-0.2, -0.15) is 0 Å². The molecule has 1 aromatic carbocycles. The summed E-state index contributed by atoms with van der Waals surface area (Å²) in [4.78, 5) is 11.3. The maximum absolute atomic E-state index is 11.3. The minimum atomic E-state index is -0.998. The van der Waals surface area contributed by atoms with E-state index in [0.29, 0.717) is 17.1 Å². The molecule has 0 fully saturated rings. The molecule has 4 heteroatoms. The Labute approximate surface area is 101 Å². The van der Waals surface area contributed by atoms with Gasteiger partial charge in [-0.05, 0) is 32.4 Å². The zero-order valence-electron chi connectivity index (χ0n) is 10.8. The van der Waals surface area contributed by atoms with Gasteiger partial charge >= 0.3 is 5.97 Å². The summed E-state index contributed by atoms with van der Waals surface area (Å²) in [5.74, 6) is 0.308. The van der Waals surface area contributed by atoms with Crippen LogP contribution in [0.4, 0.5) is 0 Å². The summed E-state index contributed by atoms with van der Waals surface area (Å²) >= 11 is 0. The highest BCUT2D eigenvalue weighted by Gasteiger charge is 2.34. The number of carboxylic acids is 1. The molecule has 94 valence electrons. The monoisotopic (exact) mass is 238 g/mol. The topological polar surface area (TPSA) is 55.8 Å². The van der Waals surface area contributed by atoms with Crippen molar-refractivity contribution in [2.24, 2.45) is 0 Å². The first kappa shape index (κ1) is 13.4. The third-order valence-corrected chi connectivity index (χ3v) is 2.89. The first-order chi connectivity index (χ1) is 7.84. The van der Waals surface area contributed by atoms with Crippen molar-refractivity contribution in [2.75, 3.05) is 14.2 Å². The van der Waals surface area contributed by atoms with Crippen molar-refractivity contribution in [1.29, 1.82) is 0 Å². The van der Waals surface area contributed by atoms with Gasteiger partial charge in [0.1, 0.15) is 11.5 Å². The second-order valence-electron chi connectivity index (χ2n) is 4.45. The summed E-state index contributed by atoms with van der Waals surface area (Å²) in [5.41, 5.74) is 0.517. The molecule has 0 bridgehead atoms. The van der Waals surface area contributed by atoms with Crippen LogP contribution in [0.15, 0.2) is 12.1 Å². The number of rotatable bonds is 4. The van der Waals surface area contributed by atoms with E-state index in [1.54, 1.807) is 27.0 Å². The molecule has 1 N–H and O–H groups in total. The highest BCUT2D eigenvalue weighted by molar-refractivity contribution is 5.82. The molecule has 4 nitrogen and oxygen atoms in total. The van der Waals surface area contributed by atoms with Gasteiger partial charge in [-0.25, -0.2) is 0 Å². The molecule has 0 saturated carbocycles. The van der Waals surface area contributed by atoms with Crippen molar-refractivity contribution < 1.29 is 19.4 Å². The second kappa shape index (κ2) is 4.65. The zero-order valence-corrected chi connectivity index (χ0v) is 10.8. The average molecular weight is 238 g/mol. The third-order valence-electron chi connectivity index (χ3n) is 2.89. The molecule has 0 aliphatic carbocycles. The van der Waals surface area contributed by atoms with Crippen molar-refractivity contribution in [1.82, 2.24) is 0 Å². The normalized spacial score (nSPS) is 11.1. The smallest absolute Gasteiger partial charge is 0.313 e. The highest BCUT2D eigenvalue weighted by Crippen LogP contribution is 2.37. The molecule has 1 aromatic rings. The zero-order chi connectivity index (χ0) is 13.2. The number of hydrogen-bond donors (Lipinski definition) is 1. The van der Waals surface area contributed by atoms with Crippen LogP contribution in [0.3, 0.4) is 0 Å². The van der Waals surface area contributed by atoms with Crippen molar-refractivity contribution in [3.63, 3.8) is 0 Å². The van der Waals surface area contributed by atoms with E-state index in [9.17, 15) is 9.90 Å². The first-order valence-corrected chi connectivity index (χ1v) is 5.31. The van der Waals surface area contributed by atoms with Crippen LogP contribution in [-0.4, -0.2) is 25.3 Å². The predicted octanol–water partition coefficient (Wildman–Crippen LogP) is 2.37. The largest absolute Gasteiger partial charge is 0.497 e. The Morgan fingerprint density at radius 2 is 1.82 bits per heavy atom.